The number of carbonyl (C=O) groups is 2. The summed E-state index contributed by atoms with van der Waals surface area (Å²) in [6, 6.07) is 21.3. The molecule has 0 heterocycles. The molecule has 2 atom stereocenters. The lowest BCUT2D eigenvalue weighted by Crippen LogP contribution is -2.26. The second-order valence-corrected chi connectivity index (χ2v) is 8.68. The minimum atomic E-state index is -0.731. The van der Waals surface area contributed by atoms with E-state index in [-0.39, 0.29) is 25.0 Å². The number of anilines is 4. The number of carbonyl (C=O) groups excluding carboxylic acids is 2. The Hall–Kier alpha value is -4.28. The molecule has 0 fully saturated rings. The Balaban J connectivity index is 1.32. The van der Waals surface area contributed by atoms with Gasteiger partial charge in [0.15, 0.2) is 0 Å². The molecule has 0 saturated carbocycles. The molecule has 0 aromatic heterocycles. The maximum atomic E-state index is 11.1. The van der Waals surface area contributed by atoms with E-state index in [0.29, 0.717) is 36.0 Å². The molecule has 2 amide bonds. The Kier molecular flexibility index (Phi) is 10.8. The summed E-state index contributed by atoms with van der Waals surface area (Å²) in [6.07, 6.45) is -1.46. The molecule has 38 heavy (non-hydrogen) atoms. The molecule has 0 spiro atoms. The van der Waals surface area contributed by atoms with Crippen molar-refractivity contribution in [3.8, 4) is 11.5 Å². The van der Waals surface area contributed by atoms with Gasteiger partial charge in [0.2, 0.25) is 11.8 Å². The van der Waals surface area contributed by atoms with Gasteiger partial charge in [0.05, 0.1) is 0 Å². The van der Waals surface area contributed by atoms with E-state index in [1.54, 1.807) is 48.5 Å². The molecule has 202 valence electrons. The molecule has 10 nitrogen and oxygen atoms in total. The Labute approximate surface area is 222 Å². The molecule has 0 saturated heterocycles. The lowest BCUT2D eigenvalue weighted by molar-refractivity contribution is -0.115. The van der Waals surface area contributed by atoms with Crippen LogP contribution in [-0.2, 0) is 9.59 Å². The third kappa shape index (κ3) is 10.4. The van der Waals surface area contributed by atoms with Gasteiger partial charge in [0.1, 0.15) is 36.9 Å². The fourth-order valence-electron chi connectivity index (χ4n) is 3.36. The van der Waals surface area contributed by atoms with E-state index in [1.807, 2.05) is 24.3 Å². The summed E-state index contributed by atoms with van der Waals surface area (Å²) in [6.45, 7) is 3.71. The van der Waals surface area contributed by atoms with Gasteiger partial charge in [-0.15, -0.1) is 0 Å². The number of hydrogen-bond acceptors (Lipinski definition) is 8. The van der Waals surface area contributed by atoms with Gasteiger partial charge in [0.25, 0.3) is 0 Å². The van der Waals surface area contributed by atoms with Crippen molar-refractivity contribution in [3.05, 3.63) is 72.8 Å². The molecule has 0 radical (unpaired) electrons. The lowest BCUT2D eigenvalue weighted by Gasteiger charge is -2.16. The third-order valence-electron chi connectivity index (χ3n) is 5.20. The van der Waals surface area contributed by atoms with Crippen molar-refractivity contribution in [1.29, 1.82) is 0 Å². The summed E-state index contributed by atoms with van der Waals surface area (Å²) in [5, 5.41) is 32.1. The summed E-state index contributed by atoms with van der Waals surface area (Å²) in [5.41, 5.74) is 3.04. The molecular weight excluding hydrogens is 488 g/mol. The van der Waals surface area contributed by atoms with E-state index in [1.165, 1.54) is 13.8 Å². The van der Waals surface area contributed by atoms with Gasteiger partial charge in [-0.1, -0.05) is 0 Å². The molecule has 0 bridgehead atoms. The molecule has 0 aliphatic rings. The fraction of sp³-hybridized carbons (Fsp3) is 0.286. The Bertz CT molecular complexity index is 1060. The maximum absolute atomic E-state index is 11.1. The summed E-state index contributed by atoms with van der Waals surface area (Å²) in [4.78, 5) is 22.2. The minimum absolute atomic E-state index is 0.105. The van der Waals surface area contributed by atoms with Gasteiger partial charge in [-0.2, -0.15) is 0 Å². The van der Waals surface area contributed by atoms with E-state index in [4.69, 9.17) is 9.47 Å². The Morgan fingerprint density at radius 2 is 0.921 bits per heavy atom. The highest BCUT2D eigenvalue weighted by Gasteiger charge is 2.08. The number of aliphatic hydroxyl groups excluding tert-OH is 2. The van der Waals surface area contributed by atoms with E-state index in [0.717, 1.165) is 11.4 Å². The second-order valence-electron chi connectivity index (χ2n) is 8.68. The highest BCUT2D eigenvalue weighted by molar-refractivity contribution is 5.89. The van der Waals surface area contributed by atoms with Crippen molar-refractivity contribution < 1.29 is 29.3 Å². The standard InChI is InChI=1S/C28H34N4O6/c1-19(33)31-23-7-3-21(4-8-23)29-15-25(35)17-37-27-11-13-28(14-12-27)38-18-26(36)16-30-22-5-9-24(10-6-22)32-20(2)34/h3-14,25-26,29-30,35-36H,15-18H2,1-2H3,(H,31,33)(H,32,34). The molecular formula is C28H34N4O6. The number of benzene rings is 3. The Morgan fingerprint density at radius 3 is 1.24 bits per heavy atom. The van der Waals surface area contributed by atoms with Crippen LogP contribution in [0.5, 0.6) is 11.5 Å². The van der Waals surface area contributed by atoms with E-state index in [2.05, 4.69) is 21.3 Å². The molecule has 10 heteroatoms. The summed E-state index contributed by atoms with van der Waals surface area (Å²) < 4.78 is 11.3. The zero-order valence-electron chi connectivity index (χ0n) is 21.4. The number of nitrogens with one attached hydrogen (secondary N) is 4. The van der Waals surface area contributed by atoms with Crippen LogP contribution in [0.1, 0.15) is 13.8 Å². The SMILES string of the molecule is CC(=O)Nc1ccc(NCC(O)COc2ccc(OCC(O)CNc3ccc(NC(C)=O)cc3)cc2)cc1. The van der Waals surface area contributed by atoms with Gasteiger partial charge < -0.3 is 41.0 Å². The predicted octanol–water partition coefficient (Wildman–Crippen LogP) is 3.31. The summed E-state index contributed by atoms with van der Waals surface area (Å²) in [7, 11) is 0. The van der Waals surface area contributed by atoms with Crippen LogP contribution >= 0.6 is 0 Å². The average Bonchev–Trinajstić information content (AvgIpc) is 2.90. The zero-order valence-corrected chi connectivity index (χ0v) is 21.4. The first-order chi connectivity index (χ1) is 18.3. The van der Waals surface area contributed by atoms with Crippen LogP contribution in [0.3, 0.4) is 0 Å². The molecule has 2 unspecified atom stereocenters. The molecule has 3 aromatic rings. The van der Waals surface area contributed by atoms with Gasteiger partial charge in [-0.25, -0.2) is 0 Å². The first kappa shape index (κ1) is 28.3. The lowest BCUT2D eigenvalue weighted by atomic mass is 10.2. The highest BCUT2D eigenvalue weighted by atomic mass is 16.5. The quantitative estimate of drug-likeness (QED) is 0.189. The van der Waals surface area contributed by atoms with Crippen molar-refractivity contribution in [2.45, 2.75) is 26.1 Å². The monoisotopic (exact) mass is 522 g/mol. The van der Waals surface area contributed by atoms with Crippen LogP contribution < -0.4 is 30.7 Å². The molecule has 0 aliphatic carbocycles. The summed E-state index contributed by atoms with van der Waals surface area (Å²) in [5.74, 6) is 0.904. The van der Waals surface area contributed by atoms with Crippen molar-refractivity contribution in [2.24, 2.45) is 0 Å². The maximum Gasteiger partial charge on any atom is 0.221 e. The largest absolute Gasteiger partial charge is 0.491 e. The number of rotatable bonds is 14. The molecule has 0 aliphatic heterocycles. The van der Waals surface area contributed by atoms with E-state index < -0.39 is 12.2 Å². The van der Waals surface area contributed by atoms with Crippen LogP contribution in [0.4, 0.5) is 22.7 Å². The highest BCUT2D eigenvalue weighted by Crippen LogP contribution is 2.19. The van der Waals surface area contributed by atoms with Crippen molar-refractivity contribution in [1.82, 2.24) is 0 Å². The number of amides is 2. The average molecular weight is 523 g/mol. The Morgan fingerprint density at radius 1 is 0.605 bits per heavy atom. The van der Waals surface area contributed by atoms with Gasteiger partial charge in [0, 0.05) is 49.7 Å². The topological polar surface area (TPSA) is 141 Å². The third-order valence-corrected chi connectivity index (χ3v) is 5.20. The number of hydrogen-bond donors (Lipinski definition) is 6. The van der Waals surface area contributed by atoms with E-state index in [9.17, 15) is 19.8 Å². The molecule has 3 rings (SSSR count). The first-order valence-electron chi connectivity index (χ1n) is 12.2. The first-order valence-corrected chi connectivity index (χ1v) is 12.2. The van der Waals surface area contributed by atoms with Crippen LogP contribution in [0.15, 0.2) is 72.8 Å². The molecule has 3 aromatic carbocycles. The van der Waals surface area contributed by atoms with E-state index >= 15 is 0 Å². The smallest absolute Gasteiger partial charge is 0.221 e. The van der Waals surface area contributed by atoms with Crippen LogP contribution in [0, 0.1) is 0 Å². The van der Waals surface area contributed by atoms with Gasteiger partial charge in [-0.05, 0) is 72.8 Å². The summed E-state index contributed by atoms with van der Waals surface area (Å²) >= 11 is 0. The fourth-order valence-corrected chi connectivity index (χ4v) is 3.36. The van der Waals surface area contributed by atoms with Crippen LogP contribution in [0.25, 0.3) is 0 Å². The number of ether oxygens (including phenoxy) is 2. The van der Waals surface area contributed by atoms with Crippen molar-refractivity contribution in [2.75, 3.05) is 47.6 Å². The van der Waals surface area contributed by atoms with Crippen molar-refractivity contribution >= 4 is 34.6 Å². The minimum Gasteiger partial charge on any atom is -0.491 e. The second kappa shape index (κ2) is 14.5. The number of aliphatic hydroxyl groups is 2. The van der Waals surface area contributed by atoms with Gasteiger partial charge in [-0.3, -0.25) is 9.59 Å². The van der Waals surface area contributed by atoms with Crippen molar-refractivity contribution in [3.63, 3.8) is 0 Å². The normalized spacial score (nSPS) is 12.1. The van der Waals surface area contributed by atoms with Gasteiger partial charge >= 0.3 is 0 Å². The van der Waals surface area contributed by atoms with Crippen LogP contribution in [0.2, 0.25) is 0 Å². The predicted molar refractivity (Wildman–Crippen MR) is 148 cm³/mol. The zero-order chi connectivity index (χ0) is 27.3. The van der Waals surface area contributed by atoms with Crippen LogP contribution in [-0.4, -0.2) is 60.5 Å². The molecule has 6 N–H and O–H groups in total.